The first-order chi connectivity index (χ1) is 11.3. The van der Waals surface area contributed by atoms with Gasteiger partial charge in [-0.1, -0.05) is 66.7 Å². The quantitative estimate of drug-likeness (QED) is 0.798. The molecule has 0 saturated carbocycles. The molecule has 23 heavy (non-hydrogen) atoms. The molecule has 0 radical (unpaired) electrons. The van der Waals surface area contributed by atoms with E-state index in [1.165, 1.54) is 0 Å². The van der Waals surface area contributed by atoms with Gasteiger partial charge in [0.1, 0.15) is 11.6 Å². The lowest BCUT2D eigenvalue weighted by molar-refractivity contribution is 1.16. The molecule has 0 aliphatic heterocycles. The molecule has 2 aromatic carbocycles. The van der Waals surface area contributed by atoms with Gasteiger partial charge >= 0.3 is 0 Å². The van der Waals surface area contributed by atoms with Crippen LogP contribution in [0.4, 0.5) is 5.95 Å². The highest BCUT2D eigenvalue weighted by Crippen LogP contribution is 2.24. The van der Waals surface area contributed by atoms with E-state index in [9.17, 15) is 5.26 Å². The third kappa shape index (κ3) is 3.25. The molecule has 4 nitrogen and oxygen atoms in total. The van der Waals surface area contributed by atoms with Gasteiger partial charge in [0, 0.05) is 5.56 Å². The summed E-state index contributed by atoms with van der Waals surface area (Å²) < 4.78 is 0. The molecular weight excluding hydrogens is 284 g/mol. The Morgan fingerprint density at radius 1 is 0.870 bits per heavy atom. The maximum absolute atomic E-state index is 9.54. The van der Waals surface area contributed by atoms with Crippen molar-refractivity contribution in [3.8, 4) is 17.3 Å². The molecule has 0 aliphatic carbocycles. The fraction of sp³-hybridized carbons (Fsp3) is 0. The van der Waals surface area contributed by atoms with E-state index in [0.717, 1.165) is 11.1 Å². The average Bonchev–Trinajstić information content (AvgIpc) is 2.61. The normalized spacial score (nSPS) is 10.6. The van der Waals surface area contributed by atoms with Gasteiger partial charge in [-0.15, -0.1) is 0 Å². The van der Waals surface area contributed by atoms with Gasteiger partial charge in [0.25, 0.3) is 0 Å². The van der Waals surface area contributed by atoms with Crippen molar-refractivity contribution in [2.45, 2.75) is 0 Å². The maximum Gasteiger partial charge on any atom is 0.221 e. The number of nitrogens with zero attached hydrogens (tertiary/aromatic N) is 3. The third-order valence-corrected chi connectivity index (χ3v) is 3.35. The van der Waals surface area contributed by atoms with Crippen molar-refractivity contribution >= 4 is 18.1 Å². The van der Waals surface area contributed by atoms with E-state index in [-0.39, 0.29) is 5.95 Å². The lowest BCUT2D eigenvalue weighted by atomic mass is 10.0. The van der Waals surface area contributed by atoms with Crippen LogP contribution in [-0.4, -0.2) is 9.97 Å². The van der Waals surface area contributed by atoms with Crippen LogP contribution in [0.25, 0.3) is 23.4 Å². The highest BCUT2D eigenvalue weighted by atomic mass is 15.0. The molecule has 4 heteroatoms. The standard InChI is InChI=1S/C19H14N4/c20-13-16-17(12-11-14-7-3-1-4-8-14)22-19(21)23-18(16)15-9-5-2-6-10-15/h1-12H,(H2,21,22,23). The van der Waals surface area contributed by atoms with Gasteiger partial charge in [-0.3, -0.25) is 0 Å². The summed E-state index contributed by atoms with van der Waals surface area (Å²) >= 11 is 0. The van der Waals surface area contributed by atoms with Crippen molar-refractivity contribution in [2.24, 2.45) is 0 Å². The van der Waals surface area contributed by atoms with E-state index in [4.69, 9.17) is 5.73 Å². The maximum atomic E-state index is 9.54. The predicted octanol–water partition coefficient (Wildman–Crippen LogP) is 3.77. The predicted molar refractivity (Wildman–Crippen MR) is 92.0 cm³/mol. The molecule has 3 aromatic rings. The molecule has 0 bridgehead atoms. The van der Waals surface area contributed by atoms with Crippen LogP contribution in [0, 0.1) is 11.3 Å². The Balaban J connectivity index is 2.10. The summed E-state index contributed by atoms with van der Waals surface area (Å²) in [6.45, 7) is 0. The Labute approximate surface area is 134 Å². The minimum atomic E-state index is 0.149. The molecule has 3 rings (SSSR count). The van der Waals surface area contributed by atoms with Crippen LogP contribution in [0.2, 0.25) is 0 Å². The largest absolute Gasteiger partial charge is 0.368 e. The first-order valence-electron chi connectivity index (χ1n) is 7.14. The number of hydrogen-bond acceptors (Lipinski definition) is 4. The van der Waals surface area contributed by atoms with Crippen LogP contribution in [0.1, 0.15) is 16.8 Å². The molecule has 1 aromatic heterocycles. The number of anilines is 1. The second-order valence-electron chi connectivity index (χ2n) is 4.91. The van der Waals surface area contributed by atoms with Crippen LogP contribution in [0.5, 0.6) is 0 Å². The van der Waals surface area contributed by atoms with Crippen molar-refractivity contribution in [3.05, 3.63) is 77.5 Å². The van der Waals surface area contributed by atoms with Gasteiger partial charge in [-0.25, -0.2) is 9.97 Å². The zero-order valence-corrected chi connectivity index (χ0v) is 12.3. The molecule has 0 amide bonds. The van der Waals surface area contributed by atoms with E-state index in [1.807, 2.05) is 66.7 Å². The summed E-state index contributed by atoms with van der Waals surface area (Å²) in [6, 6.07) is 21.5. The van der Waals surface area contributed by atoms with Crippen LogP contribution in [0.15, 0.2) is 60.7 Å². The van der Waals surface area contributed by atoms with Gasteiger partial charge < -0.3 is 5.73 Å². The molecule has 0 fully saturated rings. The third-order valence-electron chi connectivity index (χ3n) is 3.35. The summed E-state index contributed by atoms with van der Waals surface area (Å²) in [6.07, 6.45) is 3.69. The number of nitrogens with two attached hydrogens (primary N) is 1. The SMILES string of the molecule is N#Cc1c(C=Cc2ccccc2)nc(N)nc1-c1ccccc1. The van der Waals surface area contributed by atoms with Crippen LogP contribution >= 0.6 is 0 Å². The van der Waals surface area contributed by atoms with Gasteiger partial charge in [-0.2, -0.15) is 5.26 Å². The fourth-order valence-electron chi connectivity index (χ4n) is 2.27. The fourth-order valence-corrected chi connectivity index (χ4v) is 2.27. The zero-order chi connectivity index (χ0) is 16.1. The summed E-state index contributed by atoms with van der Waals surface area (Å²) in [5, 5.41) is 9.54. The van der Waals surface area contributed by atoms with Crippen LogP contribution in [0.3, 0.4) is 0 Å². The Hall–Kier alpha value is -3.45. The molecule has 110 valence electrons. The number of aromatic nitrogens is 2. The second-order valence-corrected chi connectivity index (χ2v) is 4.91. The molecule has 1 heterocycles. The lowest BCUT2D eigenvalue weighted by Crippen LogP contribution is -2.02. The number of nitrogen functional groups attached to an aromatic ring is 1. The number of benzene rings is 2. The highest BCUT2D eigenvalue weighted by Gasteiger charge is 2.13. The first kappa shape index (κ1) is 14.5. The smallest absolute Gasteiger partial charge is 0.221 e. The van der Waals surface area contributed by atoms with Crippen molar-refractivity contribution in [2.75, 3.05) is 5.73 Å². The van der Waals surface area contributed by atoms with Gasteiger partial charge in [0.05, 0.1) is 11.4 Å². The molecule has 0 spiro atoms. The Morgan fingerprint density at radius 2 is 1.52 bits per heavy atom. The Bertz CT molecular complexity index is 878. The summed E-state index contributed by atoms with van der Waals surface area (Å²) in [5.41, 5.74) is 9.17. The summed E-state index contributed by atoms with van der Waals surface area (Å²) in [4.78, 5) is 8.44. The summed E-state index contributed by atoms with van der Waals surface area (Å²) in [7, 11) is 0. The van der Waals surface area contributed by atoms with Crippen molar-refractivity contribution in [3.63, 3.8) is 0 Å². The van der Waals surface area contributed by atoms with Crippen molar-refractivity contribution in [1.82, 2.24) is 9.97 Å². The van der Waals surface area contributed by atoms with Gasteiger partial charge in [0.15, 0.2) is 0 Å². The number of hydrogen-bond donors (Lipinski definition) is 1. The monoisotopic (exact) mass is 298 g/mol. The van der Waals surface area contributed by atoms with Crippen LogP contribution < -0.4 is 5.73 Å². The van der Waals surface area contributed by atoms with E-state index >= 15 is 0 Å². The average molecular weight is 298 g/mol. The number of rotatable bonds is 3. The molecule has 0 unspecified atom stereocenters. The van der Waals surface area contributed by atoms with E-state index in [0.29, 0.717) is 17.0 Å². The molecule has 0 saturated heterocycles. The van der Waals surface area contributed by atoms with Gasteiger partial charge in [0.2, 0.25) is 5.95 Å². The number of nitriles is 1. The van der Waals surface area contributed by atoms with E-state index in [1.54, 1.807) is 6.08 Å². The molecule has 2 N–H and O–H groups in total. The second kappa shape index (κ2) is 6.54. The minimum Gasteiger partial charge on any atom is -0.368 e. The molecule has 0 aliphatic rings. The molecular formula is C19H14N4. The topological polar surface area (TPSA) is 75.6 Å². The van der Waals surface area contributed by atoms with E-state index in [2.05, 4.69) is 16.0 Å². The molecule has 0 atom stereocenters. The van der Waals surface area contributed by atoms with Gasteiger partial charge in [-0.05, 0) is 11.6 Å². The Morgan fingerprint density at radius 3 is 2.17 bits per heavy atom. The van der Waals surface area contributed by atoms with Crippen LogP contribution in [-0.2, 0) is 0 Å². The van der Waals surface area contributed by atoms with Crippen molar-refractivity contribution < 1.29 is 0 Å². The Kier molecular flexibility index (Phi) is 4.12. The van der Waals surface area contributed by atoms with Crippen molar-refractivity contribution in [1.29, 1.82) is 5.26 Å². The van der Waals surface area contributed by atoms with E-state index < -0.39 is 0 Å². The highest BCUT2D eigenvalue weighted by molar-refractivity contribution is 5.77. The zero-order valence-electron chi connectivity index (χ0n) is 12.3. The minimum absolute atomic E-state index is 0.149. The summed E-state index contributed by atoms with van der Waals surface area (Å²) in [5.74, 6) is 0.149. The lowest BCUT2D eigenvalue weighted by Gasteiger charge is -2.07. The first-order valence-corrected chi connectivity index (χ1v) is 7.14.